The van der Waals surface area contributed by atoms with Crippen molar-refractivity contribution in [2.24, 2.45) is 9.98 Å². The summed E-state index contributed by atoms with van der Waals surface area (Å²) in [6, 6.07) is 32.2. The van der Waals surface area contributed by atoms with Crippen molar-refractivity contribution < 1.29 is 0 Å². The Morgan fingerprint density at radius 1 is 0.730 bits per heavy atom. The molecule has 0 aliphatic carbocycles. The number of benzene rings is 4. The molecule has 2 heteroatoms. The van der Waals surface area contributed by atoms with Gasteiger partial charge in [0.15, 0.2) is 0 Å². The summed E-state index contributed by atoms with van der Waals surface area (Å²) in [5.41, 5.74) is 12.0. The van der Waals surface area contributed by atoms with E-state index >= 15 is 0 Å². The molecule has 0 fully saturated rings. The van der Waals surface area contributed by atoms with E-state index in [1.54, 1.807) is 0 Å². The molecule has 4 rings (SSSR count). The first-order valence-electron chi connectivity index (χ1n) is 13.6. The van der Waals surface area contributed by atoms with Crippen molar-refractivity contribution in [3.05, 3.63) is 108 Å². The smallest absolute Gasteiger partial charge is 0.0642 e. The fraction of sp³-hybridized carbons (Fsp3) is 0.257. The summed E-state index contributed by atoms with van der Waals surface area (Å²) in [6.45, 7) is 8.81. The van der Waals surface area contributed by atoms with Gasteiger partial charge >= 0.3 is 0 Å². The van der Waals surface area contributed by atoms with Crippen molar-refractivity contribution in [1.29, 1.82) is 0 Å². The molecule has 0 aromatic heterocycles. The van der Waals surface area contributed by atoms with Crippen molar-refractivity contribution in [2.45, 2.75) is 59.8 Å². The summed E-state index contributed by atoms with van der Waals surface area (Å²) in [7, 11) is 0. The van der Waals surface area contributed by atoms with Gasteiger partial charge in [0.05, 0.1) is 17.1 Å². The molecule has 0 unspecified atom stereocenters. The molecular weight excluding hydrogens is 448 g/mol. The van der Waals surface area contributed by atoms with Crippen LogP contribution in [0.1, 0.15) is 56.7 Å². The topological polar surface area (TPSA) is 24.7 Å². The van der Waals surface area contributed by atoms with Crippen LogP contribution in [0.3, 0.4) is 0 Å². The molecule has 4 aromatic carbocycles. The Morgan fingerprint density at radius 3 is 2.00 bits per heavy atom. The summed E-state index contributed by atoms with van der Waals surface area (Å²) in [5.74, 6) is 0. The minimum Gasteiger partial charge on any atom is -0.255 e. The molecule has 0 amide bonds. The van der Waals surface area contributed by atoms with Crippen molar-refractivity contribution in [3.63, 3.8) is 0 Å². The number of unbranched alkanes of at least 4 members (excludes halogenated alkanes) is 1. The van der Waals surface area contributed by atoms with E-state index in [-0.39, 0.29) is 0 Å². The minimum absolute atomic E-state index is 0.821. The fourth-order valence-corrected chi connectivity index (χ4v) is 4.80. The Labute approximate surface area is 222 Å². The third-order valence-electron chi connectivity index (χ3n) is 6.87. The largest absolute Gasteiger partial charge is 0.255 e. The van der Waals surface area contributed by atoms with Crippen molar-refractivity contribution in [1.82, 2.24) is 0 Å². The van der Waals surface area contributed by atoms with E-state index < -0.39 is 0 Å². The van der Waals surface area contributed by atoms with Crippen molar-refractivity contribution in [2.75, 3.05) is 0 Å². The Balaban J connectivity index is 1.70. The predicted molar refractivity (Wildman–Crippen MR) is 162 cm³/mol. The number of hydrogen-bond donors (Lipinski definition) is 0. The molecule has 2 nitrogen and oxygen atoms in total. The zero-order valence-electron chi connectivity index (χ0n) is 22.7. The molecule has 0 N–H and O–H groups in total. The van der Waals surface area contributed by atoms with Crippen LogP contribution in [-0.4, -0.2) is 11.9 Å². The van der Waals surface area contributed by atoms with E-state index in [1.165, 1.54) is 51.8 Å². The number of aryl methyl sites for hydroxylation is 2. The second-order valence-corrected chi connectivity index (χ2v) is 9.53. The Bertz CT molecular complexity index is 1370. The maximum Gasteiger partial charge on any atom is 0.0642 e. The van der Waals surface area contributed by atoms with Crippen LogP contribution in [0.25, 0.3) is 22.3 Å². The monoisotopic (exact) mass is 486 g/mol. The molecule has 0 aliphatic rings. The quantitative estimate of drug-likeness (QED) is 0.199. The number of nitrogens with zero attached hydrogens (tertiary/aromatic N) is 2. The molecule has 0 radical (unpaired) electrons. The Hall–Kier alpha value is -3.78. The van der Waals surface area contributed by atoms with Crippen LogP contribution in [0, 0.1) is 6.92 Å². The van der Waals surface area contributed by atoms with E-state index in [9.17, 15) is 0 Å². The number of rotatable bonds is 10. The second-order valence-electron chi connectivity index (χ2n) is 9.53. The van der Waals surface area contributed by atoms with Gasteiger partial charge in [-0.1, -0.05) is 93.9 Å². The maximum absolute atomic E-state index is 5.09. The van der Waals surface area contributed by atoms with Crippen LogP contribution in [0.15, 0.2) is 101 Å². The lowest BCUT2D eigenvalue weighted by Crippen LogP contribution is -2.00. The molecular formula is C35H38N2. The Morgan fingerprint density at radius 2 is 1.38 bits per heavy atom. The average Bonchev–Trinajstić information content (AvgIpc) is 2.95. The van der Waals surface area contributed by atoms with Gasteiger partial charge in [0.1, 0.15) is 0 Å². The van der Waals surface area contributed by atoms with Crippen LogP contribution in [0.2, 0.25) is 0 Å². The van der Waals surface area contributed by atoms with Gasteiger partial charge in [0.2, 0.25) is 0 Å². The first-order chi connectivity index (χ1) is 18.1. The van der Waals surface area contributed by atoms with Crippen LogP contribution in [-0.2, 0) is 12.8 Å². The molecule has 188 valence electrons. The molecule has 0 spiro atoms. The van der Waals surface area contributed by atoms with E-state index in [0.717, 1.165) is 36.3 Å². The number of hydrogen-bond acceptors (Lipinski definition) is 2. The van der Waals surface area contributed by atoms with E-state index in [2.05, 4.69) is 119 Å². The third-order valence-corrected chi connectivity index (χ3v) is 6.87. The lowest BCUT2D eigenvalue weighted by molar-refractivity contribution is 0.787. The molecule has 0 atom stereocenters. The summed E-state index contributed by atoms with van der Waals surface area (Å²) in [5, 5.41) is 0. The average molecular weight is 487 g/mol. The zero-order valence-corrected chi connectivity index (χ0v) is 22.7. The standard InChI is InChI=1S/C35H38N2/c1-5-8-15-29-22-32(24-35(33(29)7-3)28-18-13-10-14-19-28)37-30(6-2)25-36-31-21-20-26(4)34(23-31)27-16-11-9-12-17-27/h9-14,16-25H,5-8,15H2,1-4H3. The normalized spacial score (nSPS) is 11.8. The van der Waals surface area contributed by atoms with Gasteiger partial charge in [-0.2, -0.15) is 0 Å². The zero-order chi connectivity index (χ0) is 26.0. The van der Waals surface area contributed by atoms with Gasteiger partial charge in [-0.25, -0.2) is 0 Å². The van der Waals surface area contributed by atoms with E-state index in [0.29, 0.717) is 0 Å². The van der Waals surface area contributed by atoms with Crippen LogP contribution < -0.4 is 0 Å². The summed E-state index contributed by atoms with van der Waals surface area (Å²) >= 11 is 0. The van der Waals surface area contributed by atoms with Gasteiger partial charge in [-0.3, -0.25) is 9.98 Å². The highest BCUT2D eigenvalue weighted by molar-refractivity contribution is 6.31. The van der Waals surface area contributed by atoms with Crippen LogP contribution in [0.5, 0.6) is 0 Å². The van der Waals surface area contributed by atoms with Gasteiger partial charge in [-0.15, -0.1) is 0 Å². The van der Waals surface area contributed by atoms with Gasteiger partial charge in [0, 0.05) is 6.21 Å². The third kappa shape index (κ3) is 6.71. The molecule has 37 heavy (non-hydrogen) atoms. The lowest BCUT2D eigenvalue weighted by atomic mass is 9.90. The predicted octanol–water partition coefficient (Wildman–Crippen LogP) is 10.1. The first-order valence-corrected chi connectivity index (χ1v) is 13.6. The van der Waals surface area contributed by atoms with Gasteiger partial charge in [-0.05, 0) is 95.8 Å². The first kappa shape index (κ1) is 26.3. The molecule has 0 heterocycles. The van der Waals surface area contributed by atoms with Crippen molar-refractivity contribution in [3.8, 4) is 22.3 Å². The highest BCUT2D eigenvalue weighted by Gasteiger charge is 2.12. The summed E-state index contributed by atoms with van der Waals surface area (Å²) in [4.78, 5) is 9.92. The van der Waals surface area contributed by atoms with Crippen molar-refractivity contribution >= 4 is 23.3 Å². The summed E-state index contributed by atoms with van der Waals surface area (Å²) < 4.78 is 0. The highest BCUT2D eigenvalue weighted by atomic mass is 14.8. The molecule has 0 bridgehead atoms. The van der Waals surface area contributed by atoms with Crippen LogP contribution >= 0.6 is 0 Å². The van der Waals surface area contributed by atoms with Gasteiger partial charge in [0.25, 0.3) is 0 Å². The second kappa shape index (κ2) is 13.0. The van der Waals surface area contributed by atoms with E-state index in [1.807, 2.05) is 6.21 Å². The minimum atomic E-state index is 0.821. The molecule has 0 aliphatic heterocycles. The Kier molecular flexibility index (Phi) is 9.21. The molecule has 0 saturated carbocycles. The summed E-state index contributed by atoms with van der Waals surface area (Å²) in [6.07, 6.45) is 7.23. The lowest BCUT2D eigenvalue weighted by Gasteiger charge is -2.16. The van der Waals surface area contributed by atoms with Gasteiger partial charge < -0.3 is 0 Å². The fourth-order valence-electron chi connectivity index (χ4n) is 4.80. The number of aliphatic imine (C=N–C) groups is 2. The highest BCUT2D eigenvalue weighted by Crippen LogP contribution is 2.33. The van der Waals surface area contributed by atoms with Crippen LogP contribution in [0.4, 0.5) is 11.4 Å². The SMILES string of the molecule is CCCCc1cc(N=C(C=Nc2ccc(C)c(-c3ccccc3)c2)CC)cc(-c2ccccc2)c1CC. The molecule has 0 saturated heterocycles. The van der Waals surface area contributed by atoms with E-state index in [4.69, 9.17) is 9.98 Å². The molecule has 4 aromatic rings. The maximum atomic E-state index is 5.09.